The first-order valence-electron chi connectivity index (χ1n) is 8.41. The Bertz CT molecular complexity index is 497. The number of hydrogen-bond donors (Lipinski definition) is 3. The molecule has 1 heterocycles. The van der Waals surface area contributed by atoms with Gasteiger partial charge in [0, 0.05) is 32.3 Å². The van der Waals surface area contributed by atoms with Crippen molar-refractivity contribution in [2.75, 3.05) is 20.1 Å². The van der Waals surface area contributed by atoms with Crippen molar-refractivity contribution in [1.29, 1.82) is 0 Å². The summed E-state index contributed by atoms with van der Waals surface area (Å²) in [6.07, 6.45) is 7.47. The lowest BCUT2D eigenvalue weighted by Gasteiger charge is -2.21. The zero-order valence-corrected chi connectivity index (χ0v) is 13.8. The van der Waals surface area contributed by atoms with Gasteiger partial charge in [-0.2, -0.15) is 0 Å². The van der Waals surface area contributed by atoms with E-state index in [-0.39, 0.29) is 11.8 Å². The Morgan fingerprint density at radius 2 is 1.96 bits per heavy atom. The van der Waals surface area contributed by atoms with Crippen molar-refractivity contribution in [3.63, 3.8) is 0 Å². The smallest absolute Gasteiger partial charge is 0.223 e. The summed E-state index contributed by atoms with van der Waals surface area (Å²) >= 11 is 0. The minimum atomic E-state index is 0.197. The monoisotopic (exact) mass is 317 g/mol. The summed E-state index contributed by atoms with van der Waals surface area (Å²) in [4.78, 5) is 20.4. The minimum absolute atomic E-state index is 0.197. The summed E-state index contributed by atoms with van der Waals surface area (Å²) in [6.45, 7) is 1.88. The fourth-order valence-electron chi connectivity index (χ4n) is 2.77. The molecule has 6 heteroatoms. The number of nitrogens with zero attached hydrogens (tertiary/aromatic N) is 2. The van der Waals surface area contributed by atoms with E-state index in [0.29, 0.717) is 25.6 Å². The lowest BCUT2D eigenvalue weighted by molar-refractivity contribution is -0.125. The number of carbonyl (C=O) groups is 1. The molecule has 1 fully saturated rings. The molecule has 2 rings (SSSR count). The van der Waals surface area contributed by atoms with Crippen molar-refractivity contribution in [2.45, 2.75) is 38.6 Å². The number of aromatic nitrogens is 1. The molecule has 23 heavy (non-hydrogen) atoms. The van der Waals surface area contributed by atoms with Gasteiger partial charge >= 0.3 is 0 Å². The maximum atomic E-state index is 12.0. The quantitative estimate of drug-likeness (QED) is 0.421. The van der Waals surface area contributed by atoms with Gasteiger partial charge in [0.2, 0.25) is 5.91 Å². The maximum Gasteiger partial charge on any atom is 0.223 e. The molecule has 1 saturated carbocycles. The van der Waals surface area contributed by atoms with Crippen LogP contribution in [0.3, 0.4) is 0 Å². The number of aliphatic imine (C=N–C) groups is 1. The lowest BCUT2D eigenvalue weighted by Crippen LogP contribution is -2.42. The number of rotatable bonds is 6. The topological polar surface area (TPSA) is 78.4 Å². The zero-order valence-electron chi connectivity index (χ0n) is 13.8. The van der Waals surface area contributed by atoms with E-state index >= 15 is 0 Å². The Kier molecular flexibility index (Phi) is 7.36. The van der Waals surface area contributed by atoms with Crippen LogP contribution < -0.4 is 16.0 Å². The van der Waals surface area contributed by atoms with Gasteiger partial charge in [0.15, 0.2) is 5.96 Å². The Hall–Kier alpha value is -2.11. The molecule has 1 aliphatic carbocycles. The Labute approximate surface area is 138 Å². The molecule has 3 N–H and O–H groups in total. The molecule has 0 aliphatic heterocycles. The number of guanidine groups is 1. The van der Waals surface area contributed by atoms with Crippen LogP contribution in [-0.2, 0) is 11.3 Å². The Morgan fingerprint density at radius 3 is 2.65 bits per heavy atom. The average molecular weight is 317 g/mol. The molecule has 0 unspecified atom stereocenters. The van der Waals surface area contributed by atoms with Gasteiger partial charge in [0.1, 0.15) is 0 Å². The first-order chi connectivity index (χ1) is 11.3. The standard InChI is InChI=1S/C17H27N5O/c1-18-17(22-13-15-9-5-6-10-19-15)21-12-11-20-16(23)14-7-3-2-4-8-14/h5-6,9-10,14H,2-4,7-8,11-13H2,1H3,(H,20,23)(H2,18,21,22). The van der Waals surface area contributed by atoms with E-state index in [4.69, 9.17) is 0 Å². The number of pyridine rings is 1. The fraction of sp³-hybridized carbons (Fsp3) is 0.588. The predicted molar refractivity (Wildman–Crippen MR) is 92.0 cm³/mol. The van der Waals surface area contributed by atoms with Crippen molar-refractivity contribution < 1.29 is 4.79 Å². The first-order valence-corrected chi connectivity index (χ1v) is 8.41. The molecule has 0 aromatic carbocycles. The molecule has 1 aromatic heterocycles. The zero-order chi connectivity index (χ0) is 16.3. The van der Waals surface area contributed by atoms with Crippen LogP contribution in [0.15, 0.2) is 29.4 Å². The molecule has 1 aromatic rings. The van der Waals surface area contributed by atoms with Gasteiger partial charge in [-0.15, -0.1) is 0 Å². The Morgan fingerprint density at radius 1 is 1.17 bits per heavy atom. The third-order valence-electron chi connectivity index (χ3n) is 4.08. The molecular weight excluding hydrogens is 290 g/mol. The average Bonchev–Trinajstić information content (AvgIpc) is 2.62. The van der Waals surface area contributed by atoms with E-state index in [1.54, 1.807) is 13.2 Å². The maximum absolute atomic E-state index is 12.0. The van der Waals surface area contributed by atoms with Gasteiger partial charge < -0.3 is 16.0 Å². The van der Waals surface area contributed by atoms with Gasteiger partial charge in [-0.1, -0.05) is 25.3 Å². The largest absolute Gasteiger partial charge is 0.355 e. The highest BCUT2D eigenvalue weighted by Gasteiger charge is 2.20. The predicted octanol–water partition coefficient (Wildman–Crippen LogP) is 1.44. The number of nitrogens with one attached hydrogen (secondary N) is 3. The Balaban J connectivity index is 1.61. The molecule has 0 saturated heterocycles. The van der Waals surface area contributed by atoms with E-state index in [9.17, 15) is 4.79 Å². The molecule has 0 radical (unpaired) electrons. The normalized spacial score (nSPS) is 16.0. The summed E-state index contributed by atoms with van der Waals surface area (Å²) < 4.78 is 0. The lowest BCUT2D eigenvalue weighted by atomic mass is 9.89. The summed E-state index contributed by atoms with van der Waals surface area (Å²) in [5.41, 5.74) is 0.959. The second-order valence-electron chi connectivity index (χ2n) is 5.80. The third kappa shape index (κ3) is 6.26. The van der Waals surface area contributed by atoms with Crippen LogP contribution >= 0.6 is 0 Å². The van der Waals surface area contributed by atoms with Crippen molar-refractivity contribution in [2.24, 2.45) is 10.9 Å². The van der Waals surface area contributed by atoms with Crippen molar-refractivity contribution in [3.8, 4) is 0 Å². The highest BCUT2D eigenvalue weighted by Crippen LogP contribution is 2.23. The van der Waals surface area contributed by atoms with E-state index in [1.807, 2.05) is 18.2 Å². The van der Waals surface area contributed by atoms with E-state index in [1.165, 1.54) is 19.3 Å². The van der Waals surface area contributed by atoms with Crippen molar-refractivity contribution >= 4 is 11.9 Å². The molecule has 0 spiro atoms. The molecule has 0 bridgehead atoms. The molecule has 0 atom stereocenters. The van der Waals surface area contributed by atoms with Crippen LogP contribution in [0.1, 0.15) is 37.8 Å². The van der Waals surface area contributed by atoms with E-state index in [0.717, 1.165) is 18.5 Å². The van der Waals surface area contributed by atoms with Crippen molar-refractivity contribution in [1.82, 2.24) is 20.9 Å². The van der Waals surface area contributed by atoms with Gasteiger partial charge in [0.25, 0.3) is 0 Å². The third-order valence-corrected chi connectivity index (χ3v) is 4.08. The SMILES string of the molecule is CN=C(NCCNC(=O)C1CCCCC1)NCc1ccccn1. The summed E-state index contributed by atoms with van der Waals surface area (Å²) in [5.74, 6) is 1.12. The molecular formula is C17H27N5O. The van der Waals surface area contributed by atoms with Crippen LogP contribution in [0.4, 0.5) is 0 Å². The molecule has 6 nitrogen and oxygen atoms in total. The first kappa shape index (κ1) is 17.2. The minimum Gasteiger partial charge on any atom is -0.355 e. The van der Waals surface area contributed by atoms with Crippen LogP contribution in [0.2, 0.25) is 0 Å². The van der Waals surface area contributed by atoms with Crippen LogP contribution in [0.25, 0.3) is 0 Å². The molecule has 1 amide bonds. The summed E-state index contributed by atoms with van der Waals surface area (Å²) in [7, 11) is 1.73. The van der Waals surface area contributed by atoms with Crippen molar-refractivity contribution in [3.05, 3.63) is 30.1 Å². The van der Waals surface area contributed by atoms with Gasteiger partial charge in [-0.25, -0.2) is 0 Å². The van der Waals surface area contributed by atoms with Gasteiger partial charge in [-0.3, -0.25) is 14.8 Å². The number of carbonyl (C=O) groups excluding carboxylic acids is 1. The fourth-order valence-corrected chi connectivity index (χ4v) is 2.77. The molecule has 1 aliphatic rings. The molecule has 126 valence electrons. The highest BCUT2D eigenvalue weighted by atomic mass is 16.1. The second kappa shape index (κ2) is 9.82. The van der Waals surface area contributed by atoms with Crippen LogP contribution in [0, 0.1) is 5.92 Å². The van der Waals surface area contributed by atoms with Crippen LogP contribution in [0.5, 0.6) is 0 Å². The van der Waals surface area contributed by atoms with Gasteiger partial charge in [0.05, 0.1) is 12.2 Å². The number of hydrogen-bond acceptors (Lipinski definition) is 3. The highest BCUT2D eigenvalue weighted by molar-refractivity contribution is 5.80. The van der Waals surface area contributed by atoms with Crippen LogP contribution in [-0.4, -0.2) is 37.0 Å². The van der Waals surface area contributed by atoms with E-state index in [2.05, 4.69) is 25.9 Å². The summed E-state index contributed by atoms with van der Waals surface area (Å²) in [5, 5.41) is 9.40. The number of amides is 1. The summed E-state index contributed by atoms with van der Waals surface area (Å²) in [6, 6.07) is 5.82. The van der Waals surface area contributed by atoms with Gasteiger partial charge in [-0.05, 0) is 25.0 Å². The second-order valence-corrected chi connectivity index (χ2v) is 5.80. The van der Waals surface area contributed by atoms with E-state index < -0.39 is 0 Å².